The van der Waals surface area contributed by atoms with E-state index in [1.165, 1.54) is 12.1 Å². The van der Waals surface area contributed by atoms with E-state index in [0.717, 1.165) is 30.5 Å². The Morgan fingerprint density at radius 2 is 2.09 bits per heavy atom. The van der Waals surface area contributed by atoms with E-state index >= 15 is 0 Å². The maximum absolute atomic E-state index is 13.4. The van der Waals surface area contributed by atoms with Crippen LogP contribution >= 0.6 is 0 Å². The molecule has 1 aromatic rings. The monoisotopic (exact) mass is 463 g/mol. The maximum atomic E-state index is 13.4. The van der Waals surface area contributed by atoms with Crippen LogP contribution in [0.1, 0.15) is 63.0 Å². The van der Waals surface area contributed by atoms with E-state index < -0.39 is 11.7 Å². The van der Waals surface area contributed by atoms with Crippen molar-refractivity contribution in [1.82, 2.24) is 5.32 Å². The fraction of sp³-hybridized carbons (Fsp3) is 0.577. The number of allylic oxidation sites excluding steroid dienone is 3. The smallest absolute Gasteiger partial charge is 0.381 e. The van der Waals surface area contributed by atoms with Crippen molar-refractivity contribution in [2.45, 2.75) is 64.1 Å². The molecule has 7 heteroatoms. The van der Waals surface area contributed by atoms with Crippen molar-refractivity contribution in [3.05, 3.63) is 53.6 Å². The number of hydrogen-bond acceptors (Lipinski definition) is 3. The Hall–Kier alpha value is -2.28. The summed E-state index contributed by atoms with van der Waals surface area (Å²) in [5, 5.41) is 6.56. The molecule has 1 heterocycles. The molecular formula is C26H36F3N3O. The molecule has 0 radical (unpaired) electrons. The largest absolute Gasteiger partial charge is 0.416 e. The molecule has 0 fully saturated rings. The standard InChI is InChI=1S/C26H36F3N3O/c1-17(16-31-24(33)9-6-14-30)10-12-21-18(2)22-15-20(26(27,28)29)11-13-23(22)32-25(21)19-7-4-3-5-8-19/h3-5,7,11,13,15,17-19,21,25,32H,6,8-10,12,14,16,30H2,1-2H3,(H,31,33)/t17-,18+,19?,21-,25+/m1/s1. The van der Waals surface area contributed by atoms with Gasteiger partial charge in [-0.05, 0) is 73.7 Å². The molecule has 33 heavy (non-hydrogen) atoms. The van der Waals surface area contributed by atoms with Crippen molar-refractivity contribution in [2.75, 3.05) is 18.4 Å². The highest BCUT2D eigenvalue weighted by atomic mass is 19.4. The van der Waals surface area contributed by atoms with Crippen LogP contribution in [0.4, 0.5) is 18.9 Å². The predicted octanol–water partition coefficient (Wildman–Crippen LogP) is 5.62. The summed E-state index contributed by atoms with van der Waals surface area (Å²) < 4.78 is 40.1. The Kier molecular flexibility index (Phi) is 8.63. The predicted molar refractivity (Wildman–Crippen MR) is 127 cm³/mol. The van der Waals surface area contributed by atoms with Gasteiger partial charge in [-0.2, -0.15) is 13.2 Å². The molecule has 3 rings (SSSR count). The van der Waals surface area contributed by atoms with Crippen LogP contribution in [-0.2, 0) is 11.0 Å². The number of hydrogen-bond donors (Lipinski definition) is 3. The van der Waals surface area contributed by atoms with E-state index in [-0.39, 0.29) is 29.7 Å². The van der Waals surface area contributed by atoms with Gasteiger partial charge < -0.3 is 16.4 Å². The van der Waals surface area contributed by atoms with E-state index in [4.69, 9.17) is 5.73 Å². The van der Waals surface area contributed by atoms with Gasteiger partial charge in [-0.1, -0.05) is 38.2 Å². The third kappa shape index (κ3) is 6.62. The molecule has 1 aromatic carbocycles. The number of amides is 1. The lowest BCUT2D eigenvalue weighted by Crippen LogP contribution is -2.42. The first kappa shape index (κ1) is 25.3. The van der Waals surface area contributed by atoms with Gasteiger partial charge in [0.1, 0.15) is 0 Å². The van der Waals surface area contributed by atoms with Gasteiger partial charge >= 0.3 is 6.18 Å². The zero-order valence-electron chi connectivity index (χ0n) is 19.5. The van der Waals surface area contributed by atoms with Crippen LogP contribution < -0.4 is 16.4 Å². The summed E-state index contributed by atoms with van der Waals surface area (Å²) in [6, 6.07) is 4.21. The second-order valence-corrected chi connectivity index (χ2v) is 9.51. The average Bonchev–Trinajstić information content (AvgIpc) is 2.80. The summed E-state index contributed by atoms with van der Waals surface area (Å²) in [6.07, 6.45) is 7.89. The maximum Gasteiger partial charge on any atom is 0.416 e. The number of nitrogens with two attached hydrogens (primary N) is 1. The molecule has 182 valence electrons. The van der Waals surface area contributed by atoms with Gasteiger partial charge in [0, 0.05) is 30.6 Å². The number of rotatable bonds is 9. The fourth-order valence-corrected chi connectivity index (χ4v) is 5.01. The summed E-state index contributed by atoms with van der Waals surface area (Å²) >= 11 is 0. The lowest BCUT2D eigenvalue weighted by atomic mass is 9.70. The molecule has 0 aromatic heterocycles. The second-order valence-electron chi connectivity index (χ2n) is 9.51. The van der Waals surface area contributed by atoms with Crippen LogP contribution in [0, 0.1) is 17.8 Å². The summed E-state index contributed by atoms with van der Waals surface area (Å²) in [7, 11) is 0. The Morgan fingerprint density at radius 1 is 1.30 bits per heavy atom. The van der Waals surface area contributed by atoms with Gasteiger partial charge in [-0.3, -0.25) is 4.79 Å². The topological polar surface area (TPSA) is 67.1 Å². The third-order valence-electron chi connectivity index (χ3n) is 7.02. The van der Waals surface area contributed by atoms with Gasteiger partial charge in [0.05, 0.1) is 5.56 Å². The van der Waals surface area contributed by atoms with Crippen LogP contribution in [0.25, 0.3) is 0 Å². The molecule has 2 aliphatic rings. The Morgan fingerprint density at radius 3 is 2.76 bits per heavy atom. The van der Waals surface area contributed by atoms with Crippen LogP contribution in [0.15, 0.2) is 42.5 Å². The molecule has 5 atom stereocenters. The first-order valence-corrected chi connectivity index (χ1v) is 12.0. The van der Waals surface area contributed by atoms with E-state index in [0.29, 0.717) is 31.8 Å². The van der Waals surface area contributed by atoms with Crippen molar-refractivity contribution in [3.8, 4) is 0 Å². The highest BCUT2D eigenvalue weighted by molar-refractivity contribution is 5.75. The van der Waals surface area contributed by atoms with Crippen LogP contribution in [0.3, 0.4) is 0 Å². The zero-order chi connectivity index (χ0) is 24.0. The highest BCUT2D eigenvalue weighted by Crippen LogP contribution is 2.45. The molecular weight excluding hydrogens is 427 g/mol. The van der Waals surface area contributed by atoms with Crippen LogP contribution in [-0.4, -0.2) is 25.0 Å². The lowest BCUT2D eigenvalue weighted by molar-refractivity contribution is -0.137. The zero-order valence-corrected chi connectivity index (χ0v) is 19.5. The van der Waals surface area contributed by atoms with Crippen LogP contribution in [0.2, 0.25) is 0 Å². The van der Waals surface area contributed by atoms with Gasteiger partial charge in [-0.15, -0.1) is 0 Å². The molecule has 1 unspecified atom stereocenters. The summed E-state index contributed by atoms with van der Waals surface area (Å²) in [5.74, 6) is 0.788. The molecule has 0 saturated heterocycles. The molecule has 1 aliphatic carbocycles. The highest BCUT2D eigenvalue weighted by Gasteiger charge is 2.39. The second kappa shape index (κ2) is 11.2. The normalized spacial score (nSPS) is 25.3. The van der Waals surface area contributed by atoms with E-state index in [1.807, 2.05) is 6.08 Å². The van der Waals surface area contributed by atoms with Crippen LogP contribution in [0.5, 0.6) is 0 Å². The molecule has 0 saturated carbocycles. The molecule has 0 spiro atoms. The van der Waals surface area contributed by atoms with Gasteiger partial charge in [0.2, 0.25) is 5.91 Å². The molecule has 0 bridgehead atoms. The van der Waals surface area contributed by atoms with Gasteiger partial charge in [0.25, 0.3) is 0 Å². The number of carbonyl (C=O) groups is 1. The Labute approximate surface area is 194 Å². The first-order valence-electron chi connectivity index (χ1n) is 12.0. The summed E-state index contributed by atoms with van der Waals surface area (Å²) in [5.41, 5.74) is 6.41. The molecule has 1 amide bonds. The molecule has 4 N–H and O–H groups in total. The van der Waals surface area contributed by atoms with Gasteiger partial charge in [0.15, 0.2) is 0 Å². The van der Waals surface area contributed by atoms with Crippen molar-refractivity contribution in [2.24, 2.45) is 23.5 Å². The Bertz CT molecular complexity index is 865. The number of alkyl halides is 3. The number of nitrogens with one attached hydrogen (secondary N) is 2. The minimum absolute atomic E-state index is 0.000739. The van der Waals surface area contributed by atoms with Crippen molar-refractivity contribution in [3.63, 3.8) is 0 Å². The quantitative estimate of drug-likeness (QED) is 0.445. The number of fused-ring (bicyclic) bond motifs is 1. The number of benzene rings is 1. The SMILES string of the molecule is C[C@H](CC[C@@H]1[C@H](C)c2cc(C(F)(F)F)ccc2N[C@H]1C1C=CC=CC1)CNC(=O)CCCN. The minimum Gasteiger partial charge on any atom is -0.381 e. The van der Waals surface area contributed by atoms with E-state index in [9.17, 15) is 18.0 Å². The molecule has 4 nitrogen and oxygen atoms in total. The molecule has 1 aliphatic heterocycles. The first-order chi connectivity index (χ1) is 15.7. The number of carbonyl (C=O) groups excluding carboxylic acids is 1. The average molecular weight is 464 g/mol. The fourth-order valence-electron chi connectivity index (χ4n) is 5.01. The van der Waals surface area contributed by atoms with E-state index in [1.54, 1.807) is 6.07 Å². The van der Waals surface area contributed by atoms with Crippen molar-refractivity contribution in [1.29, 1.82) is 0 Å². The van der Waals surface area contributed by atoms with Gasteiger partial charge in [-0.25, -0.2) is 0 Å². The minimum atomic E-state index is -4.35. The number of halogens is 3. The Balaban J connectivity index is 1.73. The van der Waals surface area contributed by atoms with Crippen molar-refractivity contribution >= 4 is 11.6 Å². The summed E-state index contributed by atoms with van der Waals surface area (Å²) in [4.78, 5) is 11.9. The number of anilines is 1. The summed E-state index contributed by atoms with van der Waals surface area (Å²) in [6.45, 7) is 5.26. The lowest BCUT2D eigenvalue weighted by Gasteiger charge is -2.43. The third-order valence-corrected chi connectivity index (χ3v) is 7.02. The van der Waals surface area contributed by atoms with E-state index in [2.05, 4.69) is 42.7 Å². The van der Waals surface area contributed by atoms with Crippen molar-refractivity contribution < 1.29 is 18.0 Å².